The largest absolute Gasteiger partial charge is 0.490 e. The van der Waals surface area contributed by atoms with E-state index in [-0.39, 0.29) is 17.6 Å². The van der Waals surface area contributed by atoms with E-state index in [1.807, 2.05) is 12.1 Å². The lowest BCUT2D eigenvalue weighted by Crippen LogP contribution is -2.24. The van der Waals surface area contributed by atoms with Crippen LogP contribution in [0, 0.1) is 0 Å². The average molecular weight is 297 g/mol. The number of rotatable bonds is 5. The second-order valence-electron chi connectivity index (χ2n) is 5.64. The van der Waals surface area contributed by atoms with Crippen LogP contribution >= 0.6 is 0 Å². The first-order valence-corrected chi connectivity index (χ1v) is 8.84. The molecular formula is C15H23NO3S. The molecule has 1 atom stereocenters. The Labute approximate surface area is 121 Å². The average Bonchev–Trinajstić information content (AvgIpc) is 2.39. The molecule has 5 heteroatoms. The molecular weight excluding hydrogens is 274 g/mol. The minimum absolute atomic E-state index is 0.0594. The minimum Gasteiger partial charge on any atom is -0.490 e. The van der Waals surface area contributed by atoms with Crippen LogP contribution in [0.3, 0.4) is 0 Å². The molecule has 0 saturated heterocycles. The summed E-state index contributed by atoms with van der Waals surface area (Å²) in [4.78, 5) is 0. The Bertz CT molecular complexity index is 566. The van der Waals surface area contributed by atoms with E-state index in [1.54, 1.807) is 13.8 Å². The van der Waals surface area contributed by atoms with Gasteiger partial charge in [-0.15, -0.1) is 0 Å². The molecule has 0 fully saturated rings. The smallest absolute Gasteiger partial charge is 0.155 e. The Morgan fingerprint density at radius 1 is 1.40 bits per heavy atom. The van der Waals surface area contributed by atoms with Crippen LogP contribution in [0.25, 0.3) is 0 Å². The predicted molar refractivity (Wildman–Crippen MR) is 82.3 cm³/mol. The Balaban J connectivity index is 2.04. The van der Waals surface area contributed by atoms with Crippen LogP contribution in [0.15, 0.2) is 18.2 Å². The van der Waals surface area contributed by atoms with Crippen molar-refractivity contribution in [2.24, 2.45) is 0 Å². The first kappa shape index (κ1) is 15.2. The molecule has 1 N–H and O–H groups in total. The van der Waals surface area contributed by atoms with Crippen molar-refractivity contribution in [1.29, 1.82) is 0 Å². The highest BCUT2D eigenvalue weighted by molar-refractivity contribution is 7.91. The van der Waals surface area contributed by atoms with Crippen molar-refractivity contribution in [2.75, 3.05) is 17.7 Å². The predicted octanol–water partition coefficient (Wildman–Crippen LogP) is 2.64. The number of hydrogen-bond donors (Lipinski definition) is 1. The topological polar surface area (TPSA) is 55.4 Å². The highest BCUT2D eigenvalue weighted by Gasteiger charge is 2.19. The van der Waals surface area contributed by atoms with Gasteiger partial charge in [-0.25, -0.2) is 8.42 Å². The minimum atomic E-state index is -3.05. The van der Waals surface area contributed by atoms with Crippen LogP contribution in [0.1, 0.15) is 32.8 Å². The summed E-state index contributed by atoms with van der Waals surface area (Å²) in [7, 11) is -3.05. The SMILES string of the molecule is CC1CCc2cccc(OCCS(=O)(=O)C(C)C)c2N1. The normalized spacial score (nSPS) is 18.5. The molecule has 0 saturated carbocycles. The molecule has 1 heterocycles. The first-order valence-electron chi connectivity index (χ1n) is 7.13. The standard InChI is InChI=1S/C15H23NO3S/c1-11(2)20(17,18)10-9-19-14-6-4-5-13-8-7-12(3)16-15(13)14/h4-6,11-12,16H,7-10H2,1-3H3. The summed E-state index contributed by atoms with van der Waals surface area (Å²) in [6.07, 6.45) is 2.14. The van der Waals surface area contributed by atoms with Crippen molar-refractivity contribution in [3.63, 3.8) is 0 Å². The maximum Gasteiger partial charge on any atom is 0.155 e. The summed E-state index contributed by atoms with van der Waals surface area (Å²) in [5.41, 5.74) is 2.26. The number of fused-ring (bicyclic) bond motifs is 1. The molecule has 0 aliphatic carbocycles. The third-order valence-electron chi connectivity index (χ3n) is 3.69. The quantitative estimate of drug-likeness (QED) is 0.908. The molecule has 0 amide bonds. The van der Waals surface area contributed by atoms with Crippen LogP contribution in [-0.2, 0) is 16.3 Å². The second-order valence-corrected chi connectivity index (χ2v) is 8.32. The van der Waals surface area contributed by atoms with Gasteiger partial charge in [-0.3, -0.25) is 0 Å². The Kier molecular flexibility index (Phi) is 4.58. The maximum absolute atomic E-state index is 11.8. The number of para-hydroxylation sites is 1. The monoisotopic (exact) mass is 297 g/mol. The Hall–Kier alpha value is -1.23. The van der Waals surface area contributed by atoms with E-state index in [4.69, 9.17) is 4.74 Å². The van der Waals surface area contributed by atoms with E-state index in [9.17, 15) is 8.42 Å². The maximum atomic E-state index is 11.8. The zero-order chi connectivity index (χ0) is 14.8. The van der Waals surface area contributed by atoms with E-state index in [1.165, 1.54) is 5.56 Å². The van der Waals surface area contributed by atoms with Gasteiger partial charge in [0.05, 0.1) is 16.7 Å². The molecule has 0 aromatic heterocycles. The van der Waals surface area contributed by atoms with Crippen LogP contribution in [0.4, 0.5) is 5.69 Å². The lowest BCUT2D eigenvalue weighted by atomic mass is 9.98. The molecule has 1 aliphatic heterocycles. The van der Waals surface area contributed by atoms with Gasteiger partial charge in [-0.05, 0) is 45.2 Å². The van der Waals surface area contributed by atoms with E-state index >= 15 is 0 Å². The number of aryl methyl sites for hydroxylation is 1. The van der Waals surface area contributed by atoms with Gasteiger partial charge in [0.15, 0.2) is 9.84 Å². The molecule has 0 spiro atoms. The fourth-order valence-electron chi connectivity index (χ4n) is 2.26. The van der Waals surface area contributed by atoms with Crippen LogP contribution in [0.5, 0.6) is 5.75 Å². The summed E-state index contributed by atoms with van der Waals surface area (Å²) in [5.74, 6) is 0.817. The highest BCUT2D eigenvalue weighted by Crippen LogP contribution is 2.33. The van der Waals surface area contributed by atoms with Crippen LogP contribution < -0.4 is 10.1 Å². The third-order valence-corrected chi connectivity index (χ3v) is 5.87. The molecule has 0 radical (unpaired) electrons. The van der Waals surface area contributed by atoms with Gasteiger partial charge in [0.2, 0.25) is 0 Å². The lowest BCUT2D eigenvalue weighted by molar-refractivity contribution is 0.341. The summed E-state index contributed by atoms with van der Waals surface area (Å²) in [5, 5.41) is 3.07. The number of nitrogens with one attached hydrogen (secondary N) is 1. The van der Waals surface area contributed by atoms with Gasteiger partial charge < -0.3 is 10.1 Å². The molecule has 4 nitrogen and oxygen atoms in total. The molecule has 1 aromatic carbocycles. The summed E-state index contributed by atoms with van der Waals surface area (Å²) < 4.78 is 29.2. The molecule has 2 rings (SSSR count). The van der Waals surface area contributed by atoms with E-state index < -0.39 is 9.84 Å². The van der Waals surface area contributed by atoms with Crippen molar-refractivity contribution in [1.82, 2.24) is 0 Å². The molecule has 112 valence electrons. The second kappa shape index (κ2) is 6.04. The molecule has 20 heavy (non-hydrogen) atoms. The summed E-state index contributed by atoms with van der Waals surface area (Å²) in [6.45, 7) is 5.74. The molecule has 1 aromatic rings. The van der Waals surface area contributed by atoms with Crippen molar-refractivity contribution >= 4 is 15.5 Å². The van der Waals surface area contributed by atoms with Crippen molar-refractivity contribution in [3.8, 4) is 5.75 Å². The number of hydrogen-bond acceptors (Lipinski definition) is 4. The number of ether oxygens (including phenoxy) is 1. The highest BCUT2D eigenvalue weighted by atomic mass is 32.2. The van der Waals surface area contributed by atoms with Crippen LogP contribution in [0.2, 0.25) is 0 Å². The fourth-order valence-corrected chi connectivity index (χ4v) is 3.05. The summed E-state index contributed by atoms with van der Waals surface area (Å²) >= 11 is 0. The number of benzene rings is 1. The van der Waals surface area contributed by atoms with Crippen molar-refractivity contribution in [2.45, 2.75) is 44.9 Å². The summed E-state index contributed by atoms with van der Waals surface area (Å²) in [6, 6.07) is 6.37. The van der Waals surface area contributed by atoms with Gasteiger partial charge in [-0.1, -0.05) is 12.1 Å². The zero-order valence-electron chi connectivity index (χ0n) is 12.3. The van der Waals surface area contributed by atoms with Crippen molar-refractivity contribution < 1.29 is 13.2 Å². The van der Waals surface area contributed by atoms with E-state index in [0.29, 0.717) is 6.04 Å². The number of anilines is 1. The van der Waals surface area contributed by atoms with Gasteiger partial charge >= 0.3 is 0 Å². The van der Waals surface area contributed by atoms with E-state index in [0.717, 1.165) is 24.3 Å². The van der Waals surface area contributed by atoms with Crippen LogP contribution in [-0.4, -0.2) is 32.1 Å². The van der Waals surface area contributed by atoms with E-state index in [2.05, 4.69) is 18.3 Å². The van der Waals surface area contributed by atoms with Crippen molar-refractivity contribution in [3.05, 3.63) is 23.8 Å². The van der Waals surface area contributed by atoms with Gasteiger partial charge in [0.25, 0.3) is 0 Å². The Morgan fingerprint density at radius 3 is 2.85 bits per heavy atom. The van der Waals surface area contributed by atoms with Gasteiger partial charge in [0.1, 0.15) is 12.4 Å². The Morgan fingerprint density at radius 2 is 2.15 bits per heavy atom. The fraction of sp³-hybridized carbons (Fsp3) is 0.600. The van der Waals surface area contributed by atoms with Gasteiger partial charge in [0, 0.05) is 6.04 Å². The third kappa shape index (κ3) is 3.45. The first-order chi connectivity index (χ1) is 9.40. The molecule has 0 bridgehead atoms. The number of sulfone groups is 1. The molecule has 1 aliphatic rings. The zero-order valence-corrected chi connectivity index (χ0v) is 13.2. The van der Waals surface area contributed by atoms with Gasteiger partial charge in [-0.2, -0.15) is 0 Å². The molecule has 1 unspecified atom stereocenters. The lowest BCUT2D eigenvalue weighted by Gasteiger charge is -2.26.